The number of anilines is 2. The summed E-state index contributed by atoms with van der Waals surface area (Å²) in [6.45, 7) is 2.39. The number of para-hydroxylation sites is 1. The first-order valence-corrected chi connectivity index (χ1v) is 10.5. The molecule has 3 aromatic rings. The Bertz CT molecular complexity index is 1150. The van der Waals surface area contributed by atoms with Crippen molar-refractivity contribution in [3.05, 3.63) is 90.2 Å². The van der Waals surface area contributed by atoms with Gasteiger partial charge in [0.2, 0.25) is 5.91 Å². The number of imide groups is 1. The summed E-state index contributed by atoms with van der Waals surface area (Å²) in [5.41, 5.74) is 1.38. The number of halogens is 1. The largest absolute Gasteiger partial charge is 0.494 e. The monoisotopic (exact) mass is 432 g/mol. The van der Waals surface area contributed by atoms with Crippen LogP contribution in [0.4, 0.5) is 15.8 Å². The molecule has 2 saturated heterocycles. The Kier molecular flexibility index (Phi) is 5.11. The molecule has 0 aliphatic carbocycles. The first-order chi connectivity index (χ1) is 15.6. The van der Waals surface area contributed by atoms with E-state index >= 15 is 0 Å². The van der Waals surface area contributed by atoms with Crippen molar-refractivity contribution in [3.8, 4) is 5.75 Å². The van der Waals surface area contributed by atoms with E-state index in [4.69, 9.17) is 9.57 Å². The number of hydrogen-bond acceptors (Lipinski definition) is 5. The summed E-state index contributed by atoms with van der Waals surface area (Å²) < 4.78 is 20.3. The number of ether oxygens (including phenoxy) is 1. The number of fused-ring (bicyclic) bond motifs is 1. The Morgan fingerprint density at radius 3 is 2.25 bits per heavy atom. The molecule has 3 atom stereocenters. The van der Waals surface area contributed by atoms with E-state index in [2.05, 4.69) is 0 Å². The Morgan fingerprint density at radius 1 is 0.875 bits per heavy atom. The second-order valence-corrected chi connectivity index (χ2v) is 7.62. The van der Waals surface area contributed by atoms with Gasteiger partial charge in [0.15, 0.2) is 6.10 Å². The lowest BCUT2D eigenvalue weighted by Crippen LogP contribution is -2.37. The van der Waals surface area contributed by atoms with Gasteiger partial charge in [-0.15, -0.1) is 0 Å². The third-order valence-corrected chi connectivity index (χ3v) is 5.76. The van der Waals surface area contributed by atoms with E-state index in [1.54, 1.807) is 54.6 Å². The maximum Gasteiger partial charge on any atom is 0.266 e. The van der Waals surface area contributed by atoms with E-state index in [1.807, 2.05) is 25.1 Å². The lowest BCUT2D eigenvalue weighted by atomic mass is 9.90. The van der Waals surface area contributed by atoms with E-state index in [0.717, 1.165) is 4.90 Å². The highest BCUT2D eigenvalue weighted by Gasteiger charge is 2.60. The molecule has 0 radical (unpaired) electrons. The zero-order chi connectivity index (χ0) is 22.2. The minimum atomic E-state index is -1.04. The molecule has 32 heavy (non-hydrogen) atoms. The van der Waals surface area contributed by atoms with Gasteiger partial charge in [0, 0.05) is 5.56 Å². The van der Waals surface area contributed by atoms with Crippen molar-refractivity contribution >= 4 is 23.2 Å². The molecule has 0 bridgehead atoms. The Morgan fingerprint density at radius 2 is 1.56 bits per heavy atom. The van der Waals surface area contributed by atoms with Gasteiger partial charge in [0.25, 0.3) is 5.91 Å². The molecule has 3 aromatic carbocycles. The topological polar surface area (TPSA) is 59.1 Å². The van der Waals surface area contributed by atoms with E-state index in [0.29, 0.717) is 29.3 Å². The van der Waals surface area contributed by atoms with Gasteiger partial charge in [-0.05, 0) is 49.4 Å². The first-order valence-electron chi connectivity index (χ1n) is 10.5. The van der Waals surface area contributed by atoms with Crippen LogP contribution in [0.2, 0.25) is 0 Å². The van der Waals surface area contributed by atoms with Crippen molar-refractivity contribution in [3.63, 3.8) is 0 Å². The number of hydrogen-bond donors (Lipinski definition) is 0. The van der Waals surface area contributed by atoms with Crippen LogP contribution in [0.3, 0.4) is 0 Å². The molecule has 0 saturated carbocycles. The standard InChI is InChI=1S/C25H21FN2O4/c1-2-31-18-14-12-16(13-15-18)27-24(29)21-22(19-10-6-7-11-20(19)26)28(32-23(21)25(27)30)17-8-4-3-5-9-17/h3-15,21-23H,2H2,1H3/t21-,22-,23+/m0/s1. The molecule has 0 unspecified atom stereocenters. The fraction of sp³-hybridized carbons (Fsp3) is 0.200. The van der Waals surface area contributed by atoms with Crippen molar-refractivity contribution in [2.75, 3.05) is 16.6 Å². The lowest BCUT2D eigenvalue weighted by Gasteiger charge is -2.29. The van der Waals surface area contributed by atoms with Crippen LogP contribution in [-0.4, -0.2) is 24.5 Å². The van der Waals surface area contributed by atoms with Crippen LogP contribution in [0.15, 0.2) is 78.9 Å². The molecule has 0 N–H and O–H groups in total. The van der Waals surface area contributed by atoms with Crippen molar-refractivity contribution in [1.29, 1.82) is 0 Å². The number of carbonyl (C=O) groups excluding carboxylic acids is 2. The molecule has 6 nitrogen and oxygen atoms in total. The fourth-order valence-corrected chi connectivity index (χ4v) is 4.36. The van der Waals surface area contributed by atoms with Crippen LogP contribution in [0.1, 0.15) is 18.5 Å². The van der Waals surface area contributed by atoms with Crippen LogP contribution >= 0.6 is 0 Å². The summed E-state index contributed by atoms with van der Waals surface area (Å²) in [7, 11) is 0. The van der Waals surface area contributed by atoms with Crippen LogP contribution < -0.4 is 14.7 Å². The third kappa shape index (κ3) is 3.22. The number of benzene rings is 3. The van der Waals surface area contributed by atoms with E-state index in [1.165, 1.54) is 11.1 Å². The predicted octanol–water partition coefficient (Wildman–Crippen LogP) is 4.28. The SMILES string of the molecule is CCOc1ccc(N2C(=O)[C@@H]3[C@@H](ON(c4ccccc4)[C@H]3c3ccccc3F)C2=O)cc1. The maximum atomic E-state index is 14.8. The zero-order valence-electron chi connectivity index (χ0n) is 17.4. The predicted molar refractivity (Wildman–Crippen MR) is 117 cm³/mol. The van der Waals surface area contributed by atoms with Crippen LogP contribution in [-0.2, 0) is 14.4 Å². The number of nitrogens with zero attached hydrogens (tertiary/aromatic N) is 2. The number of amides is 2. The molecule has 2 heterocycles. The van der Waals surface area contributed by atoms with Crippen molar-refractivity contribution in [1.82, 2.24) is 0 Å². The van der Waals surface area contributed by atoms with Gasteiger partial charge in [-0.2, -0.15) is 0 Å². The molecule has 162 valence electrons. The Labute approximate surface area is 184 Å². The van der Waals surface area contributed by atoms with Crippen LogP contribution in [0.5, 0.6) is 5.75 Å². The average Bonchev–Trinajstić information content (AvgIpc) is 3.32. The minimum absolute atomic E-state index is 0.304. The van der Waals surface area contributed by atoms with Crippen LogP contribution in [0, 0.1) is 11.7 Å². The van der Waals surface area contributed by atoms with Gasteiger partial charge < -0.3 is 4.74 Å². The first kappa shape index (κ1) is 20.2. The molecular weight excluding hydrogens is 411 g/mol. The highest BCUT2D eigenvalue weighted by Crippen LogP contribution is 2.48. The maximum absolute atomic E-state index is 14.8. The summed E-state index contributed by atoms with van der Waals surface area (Å²) in [6, 6.07) is 21.3. The van der Waals surface area contributed by atoms with E-state index in [-0.39, 0.29) is 0 Å². The molecule has 2 fully saturated rings. The summed E-state index contributed by atoms with van der Waals surface area (Å²) in [5, 5.41) is 1.49. The third-order valence-electron chi connectivity index (χ3n) is 5.76. The molecular formula is C25H21FN2O4. The molecule has 7 heteroatoms. The van der Waals surface area contributed by atoms with Gasteiger partial charge >= 0.3 is 0 Å². The van der Waals surface area contributed by atoms with Crippen LogP contribution in [0.25, 0.3) is 0 Å². The zero-order valence-corrected chi connectivity index (χ0v) is 17.4. The molecule has 0 aromatic heterocycles. The van der Waals surface area contributed by atoms with Crippen molar-refractivity contribution in [2.45, 2.75) is 19.1 Å². The second kappa shape index (κ2) is 8.09. The van der Waals surface area contributed by atoms with Gasteiger partial charge in [-0.25, -0.2) is 14.4 Å². The molecule has 2 amide bonds. The smallest absolute Gasteiger partial charge is 0.266 e. The van der Waals surface area contributed by atoms with Gasteiger partial charge in [0.1, 0.15) is 17.5 Å². The Balaban J connectivity index is 1.55. The normalized spacial score (nSPS) is 22.4. The fourth-order valence-electron chi connectivity index (χ4n) is 4.36. The number of rotatable bonds is 5. The highest BCUT2D eigenvalue weighted by molar-refractivity contribution is 6.23. The Hall–Kier alpha value is -3.71. The summed E-state index contributed by atoms with van der Waals surface area (Å²) in [4.78, 5) is 33.9. The van der Waals surface area contributed by atoms with E-state index in [9.17, 15) is 14.0 Å². The second-order valence-electron chi connectivity index (χ2n) is 7.62. The molecule has 2 aliphatic heterocycles. The van der Waals surface area contributed by atoms with Gasteiger partial charge in [-0.1, -0.05) is 36.4 Å². The number of carbonyl (C=O) groups is 2. The quantitative estimate of drug-likeness (QED) is 0.564. The average molecular weight is 432 g/mol. The minimum Gasteiger partial charge on any atom is -0.494 e. The lowest BCUT2D eigenvalue weighted by molar-refractivity contribution is -0.126. The number of hydroxylamine groups is 1. The van der Waals surface area contributed by atoms with E-state index < -0.39 is 35.7 Å². The van der Waals surface area contributed by atoms with Crippen molar-refractivity contribution in [2.24, 2.45) is 5.92 Å². The van der Waals surface area contributed by atoms with Crippen molar-refractivity contribution < 1.29 is 23.6 Å². The molecule has 5 rings (SSSR count). The molecule has 0 spiro atoms. The molecule has 2 aliphatic rings. The highest BCUT2D eigenvalue weighted by atomic mass is 19.1. The summed E-state index contributed by atoms with van der Waals surface area (Å²) >= 11 is 0. The summed E-state index contributed by atoms with van der Waals surface area (Å²) in [5.74, 6) is -1.58. The van der Waals surface area contributed by atoms with Gasteiger partial charge in [0.05, 0.1) is 24.0 Å². The van der Waals surface area contributed by atoms with Gasteiger partial charge in [-0.3, -0.25) is 14.4 Å². The summed E-state index contributed by atoms with van der Waals surface area (Å²) in [6.07, 6.45) is -1.04.